The molecule has 9 heteroatoms. The van der Waals surface area contributed by atoms with Crippen molar-refractivity contribution < 1.29 is 29.0 Å². The minimum Gasteiger partial charge on any atom is -0.497 e. The largest absolute Gasteiger partial charge is 0.497 e. The number of hydrogen-bond acceptors (Lipinski definition) is 7. The van der Waals surface area contributed by atoms with Gasteiger partial charge in [-0.1, -0.05) is 42.5 Å². The van der Waals surface area contributed by atoms with Crippen LogP contribution in [0, 0.1) is 0 Å². The van der Waals surface area contributed by atoms with Gasteiger partial charge < -0.3 is 24.8 Å². The Morgan fingerprint density at radius 2 is 1.82 bits per heavy atom. The average Bonchev–Trinajstić information content (AvgIpc) is 2.85. The monoisotopic (exact) mass is 468 g/mol. The quantitative estimate of drug-likeness (QED) is 0.448. The van der Waals surface area contributed by atoms with Crippen molar-refractivity contribution in [3.8, 4) is 5.75 Å². The highest BCUT2D eigenvalue weighted by Crippen LogP contribution is 2.40. The smallest absolute Gasteiger partial charge is 0.333 e. The summed E-state index contributed by atoms with van der Waals surface area (Å²) < 4.78 is 10.6. The molecule has 0 spiro atoms. The number of esters is 1. The Morgan fingerprint density at radius 3 is 2.48 bits per heavy atom. The Labute approximate surface area is 195 Å². The Hall–Kier alpha value is -3.30. The third-order valence-corrected chi connectivity index (χ3v) is 6.76. The van der Waals surface area contributed by atoms with Crippen molar-refractivity contribution in [2.75, 3.05) is 13.7 Å². The minimum atomic E-state index is -1.02. The maximum atomic E-state index is 12.9. The van der Waals surface area contributed by atoms with Crippen LogP contribution in [-0.4, -0.2) is 59.0 Å². The number of rotatable bonds is 8. The fourth-order valence-corrected chi connectivity index (χ4v) is 5.00. The number of β-lactam (4-membered cyclic amide) rings is 1. The topological polar surface area (TPSA) is 105 Å². The van der Waals surface area contributed by atoms with Gasteiger partial charge in [-0.05, 0) is 34.2 Å². The molecule has 8 nitrogen and oxygen atoms in total. The first-order chi connectivity index (χ1) is 16.0. The number of hydrogen-bond donors (Lipinski definition) is 2. The number of thioether (sulfide) groups is 1. The first-order valence-electron chi connectivity index (χ1n) is 10.4. The van der Waals surface area contributed by atoms with E-state index in [1.165, 1.54) is 16.7 Å². The Balaban J connectivity index is 1.40. The van der Waals surface area contributed by atoms with Gasteiger partial charge >= 0.3 is 5.97 Å². The molecule has 4 rings (SSSR count). The third-order valence-electron chi connectivity index (χ3n) is 5.54. The fraction of sp³-hybridized carbons (Fsp3) is 0.292. The molecule has 2 aliphatic rings. The van der Waals surface area contributed by atoms with E-state index in [0.29, 0.717) is 11.3 Å². The normalized spacial score (nSPS) is 21.4. The van der Waals surface area contributed by atoms with Crippen LogP contribution < -0.4 is 10.1 Å². The molecule has 2 aliphatic heterocycles. The fourth-order valence-electron chi connectivity index (χ4n) is 3.79. The lowest BCUT2D eigenvalue weighted by Crippen LogP contribution is -2.74. The number of aliphatic hydroxyl groups is 1. The van der Waals surface area contributed by atoms with Crippen LogP contribution in [0.2, 0.25) is 0 Å². The molecule has 0 aliphatic carbocycles. The Morgan fingerprint density at radius 1 is 1.09 bits per heavy atom. The van der Waals surface area contributed by atoms with E-state index in [2.05, 4.69) is 5.32 Å². The van der Waals surface area contributed by atoms with Crippen LogP contribution in [0.4, 0.5) is 0 Å². The summed E-state index contributed by atoms with van der Waals surface area (Å²) in [4.78, 5) is 39.6. The van der Waals surface area contributed by atoms with Crippen LogP contribution in [0.3, 0.4) is 0 Å². The maximum Gasteiger partial charge on any atom is 0.333 e. The summed E-state index contributed by atoms with van der Waals surface area (Å²) in [5.41, 5.74) is 2.00. The molecule has 2 aromatic carbocycles. The van der Waals surface area contributed by atoms with E-state index in [9.17, 15) is 19.5 Å². The van der Waals surface area contributed by atoms with E-state index < -0.39 is 23.4 Å². The van der Waals surface area contributed by atoms with E-state index in [1.54, 1.807) is 36.8 Å². The second-order valence-electron chi connectivity index (χ2n) is 7.69. The van der Waals surface area contributed by atoms with Gasteiger partial charge in [-0.2, -0.15) is 0 Å². The van der Waals surface area contributed by atoms with Crippen LogP contribution in [0.25, 0.3) is 0 Å². The van der Waals surface area contributed by atoms with Gasteiger partial charge in [0, 0.05) is 0 Å². The minimum absolute atomic E-state index is 0.0229. The zero-order valence-corrected chi connectivity index (χ0v) is 18.8. The molecule has 1 saturated heterocycles. The average molecular weight is 469 g/mol. The lowest BCUT2D eigenvalue weighted by Gasteiger charge is -2.51. The van der Waals surface area contributed by atoms with Crippen molar-refractivity contribution in [3.05, 3.63) is 76.7 Å². The SMILES string of the molecule is COc1ccc(COC(=O)C2C(CO)=CSC3C(NC(=O)Cc4ccccc4)C(=O)N23)cc1. The maximum absolute atomic E-state index is 12.9. The highest BCUT2D eigenvalue weighted by Gasteiger charge is 2.56. The number of ether oxygens (including phenoxy) is 2. The molecule has 2 N–H and O–H groups in total. The number of amides is 2. The van der Waals surface area contributed by atoms with Gasteiger partial charge in [0.25, 0.3) is 0 Å². The molecule has 2 aromatic rings. The van der Waals surface area contributed by atoms with Crippen molar-refractivity contribution in [2.45, 2.75) is 30.5 Å². The predicted molar refractivity (Wildman–Crippen MR) is 122 cm³/mol. The number of nitrogens with one attached hydrogen (secondary N) is 1. The molecule has 172 valence electrons. The first kappa shape index (κ1) is 22.9. The van der Waals surface area contributed by atoms with Crippen LogP contribution in [0.15, 0.2) is 65.6 Å². The highest BCUT2D eigenvalue weighted by molar-refractivity contribution is 8.02. The second-order valence-corrected chi connectivity index (χ2v) is 8.68. The number of benzene rings is 2. The van der Waals surface area contributed by atoms with Gasteiger partial charge in [0.1, 0.15) is 23.8 Å². The van der Waals surface area contributed by atoms with Crippen LogP contribution in [0.5, 0.6) is 5.75 Å². The van der Waals surface area contributed by atoms with Crippen molar-refractivity contribution in [1.82, 2.24) is 10.2 Å². The standard InChI is InChI=1S/C24H24N2O6S/c1-31-18-9-7-16(8-10-18)13-32-24(30)21-17(12-27)14-33-23-20(22(29)26(21)23)25-19(28)11-15-5-3-2-4-6-15/h2-10,14,20-21,23,27H,11-13H2,1H3,(H,25,28). The van der Waals surface area contributed by atoms with Gasteiger partial charge in [-0.3, -0.25) is 9.59 Å². The Kier molecular flexibility index (Phi) is 7.00. The van der Waals surface area contributed by atoms with Gasteiger partial charge in [-0.15, -0.1) is 11.8 Å². The number of aliphatic hydroxyl groups excluding tert-OH is 1. The van der Waals surface area contributed by atoms with Gasteiger partial charge in [0.05, 0.1) is 20.1 Å². The predicted octanol–water partition coefficient (Wildman–Crippen LogP) is 1.63. The van der Waals surface area contributed by atoms with Gasteiger partial charge in [-0.25, -0.2) is 4.79 Å². The van der Waals surface area contributed by atoms with E-state index in [0.717, 1.165) is 11.1 Å². The molecule has 3 atom stereocenters. The lowest BCUT2D eigenvalue weighted by atomic mass is 9.98. The van der Waals surface area contributed by atoms with E-state index in [1.807, 2.05) is 30.3 Å². The molecule has 0 radical (unpaired) electrons. The summed E-state index contributed by atoms with van der Waals surface area (Å²) >= 11 is 1.29. The first-order valence-corrected chi connectivity index (χ1v) is 11.4. The molecule has 0 aromatic heterocycles. The zero-order valence-electron chi connectivity index (χ0n) is 18.0. The van der Waals surface area contributed by atoms with Crippen molar-refractivity contribution in [2.24, 2.45) is 0 Å². The van der Waals surface area contributed by atoms with Crippen LogP contribution in [0.1, 0.15) is 11.1 Å². The van der Waals surface area contributed by atoms with Crippen molar-refractivity contribution >= 4 is 29.5 Å². The number of carbonyl (C=O) groups excluding carboxylic acids is 3. The molecule has 3 unspecified atom stereocenters. The number of carbonyl (C=O) groups is 3. The van der Waals surface area contributed by atoms with Crippen LogP contribution in [-0.2, 0) is 32.1 Å². The van der Waals surface area contributed by atoms with Crippen molar-refractivity contribution in [1.29, 1.82) is 0 Å². The summed E-state index contributed by atoms with van der Waals surface area (Å²) in [5, 5.41) is 13.7. The van der Waals surface area contributed by atoms with E-state index in [4.69, 9.17) is 9.47 Å². The molecular formula is C24H24N2O6S. The number of nitrogens with zero attached hydrogens (tertiary/aromatic N) is 1. The Bertz CT molecular complexity index is 1060. The molecule has 2 heterocycles. The van der Waals surface area contributed by atoms with Crippen molar-refractivity contribution in [3.63, 3.8) is 0 Å². The second kappa shape index (κ2) is 10.1. The zero-order chi connectivity index (χ0) is 23.4. The summed E-state index contributed by atoms with van der Waals surface area (Å²) in [6, 6.07) is 14.6. The molecule has 33 heavy (non-hydrogen) atoms. The number of fused-ring (bicyclic) bond motifs is 1. The van der Waals surface area contributed by atoms with E-state index >= 15 is 0 Å². The lowest BCUT2D eigenvalue weighted by molar-refractivity contribution is -0.164. The third kappa shape index (κ3) is 4.89. The van der Waals surface area contributed by atoms with Gasteiger partial charge in [0.15, 0.2) is 6.04 Å². The van der Waals surface area contributed by atoms with Gasteiger partial charge in [0.2, 0.25) is 11.8 Å². The molecule has 0 bridgehead atoms. The summed E-state index contributed by atoms with van der Waals surface area (Å²) in [5.74, 6) is -0.581. The number of methoxy groups -OCH3 is 1. The molecule has 2 amide bonds. The highest BCUT2D eigenvalue weighted by atomic mass is 32.2. The summed E-state index contributed by atoms with van der Waals surface area (Å²) in [6.07, 6.45) is 0.160. The van der Waals surface area contributed by atoms with Crippen LogP contribution >= 0.6 is 11.8 Å². The van der Waals surface area contributed by atoms with E-state index in [-0.39, 0.29) is 31.4 Å². The summed E-state index contributed by atoms with van der Waals surface area (Å²) in [7, 11) is 1.57. The molecule has 1 fully saturated rings. The summed E-state index contributed by atoms with van der Waals surface area (Å²) in [6.45, 7) is -0.355. The molecule has 0 saturated carbocycles. The molecular weight excluding hydrogens is 444 g/mol.